The van der Waals surface area contributed by atoms with Crippen LogP contribution in [0.15, 0.2) is 5.16 Å². The molecule has 0 atom stereocenters. The van der Waals surface area contributed by atoms with Crippen molar-refractivity contribution < 1.29 is 4.79 Å². The van der Waals surface area contributed by atoms with E-state index in [1.807, 2.05) is 20.1 Å². The van der Waals surface area contributed by atoms with Crippen molar-refractivity contribution in [1.29, 1.82) is 0 Å². The number of thioether (sulfide) groups is 1. The number of nitrogens with zero attached hydrogens (tertiary/aromatic N) is 3. The summed E-state index contributed by atoms with van der Waals surface area (Å²) in [5.41, 5.74) is 3.20. The summed E-state index contributed by atoms with van der Waals surface area (Å²) in [6.07, 6.45) is 10.7. The first-order valence-corrected chi connectivity index (χ1v) is 10.9. The van der Waals surface area contributed by atoms with E-state index in [4.69, 9.17) is 0 Å². The van der Waals surface area contributed by atoms with Crippen LogP contribution >= 0.6 is 11.8 Å². The molecule has 1 saturated carbocycles. The van der Waals surface area contributed by atoms with E-state index < -0.39 is 0 Å². The molecule has 0 bridgehead atoms. The van der Waals surface area contributed by atoms with Crippen molar-refractivity contribution in [3.63, 3.8) is 0 Å². The van der Waals surface area contributed by atoms with E-state index in [2.05, 4.69) is 34.3 Å². The highest BCUT2D eigenvalue weighted by Gasteiger charge is 2.33. The van der Waals surface area contributed by atoms with Crippen LogP contribution in [-0.4, -0.2) is 53.2 Å². The number of likely N-dealkylation sites (N-methyl/N-ethyl adjacent to an activating group) is 1. The summed E-state index contributed by atoms with van der Waals surface area (Å²) in [6.45, 7) is 4.76. The van der Waals surface area contributed by atoms with E-state index in [1.165, 1.54) is 38.5 Å². The highest BCUT2D eigenvalue weighted by molar-refractivity contribution is 7.98. The van der Waals surface area contributed by atoms with Gasteiger partial charge in [0.15, 0.2) is 5.16 Å². The molecule has 1 fully saturated rings. The lowest BCUT2D eigenvalue weighted by molar-refractivity contribution is -0.121. The number of rotatable bonds is 7. The molecular weight excluding hydrogens is 344 g/mol. The topological polar surface area (TPSA) is 58.1 Å². The van der Waals surface area contributed by atoms with Crippen LogP contribution < -0.4 is 5.32 Å². The third kappa shape index (κ3) is 5.43. The Bertz CT molecular complexity index is 587. The molecule has 5 nitrogen and oxygen atoms in total. The van der Waals surface area contributed by atoms with Crippen LogP contribution in [0.1, 0.15) is 61.9 Å². The first-order chi connectivity index (χ1) is 12.4. The number of hydrogen-bond donors (Lipinski definition) is 1. The maximum atomic E-state index is 12.5. The van der Waals surface area contributed by atoms with Gasteiger partial charge in [0.1, 0.15) is 0 Å². The summed E-state index contributed by atoms with van der Waals surface area (Å²) < 4.78 is 0. The summed E-state index contributed by atoms with van der Waals surface area (Å²) in [6, 6.07) is 0. The lowest BCUT2D eigenvalue weighted by Crippen LogP contribution is -2.52. The Morgan fingerprint density at radius 2 is 1.69 bits per heavy atom. The van der Waals surface area contributed by atoms with Crippen LogP contribution in [-0.2, 0) is 11.2 Å². The van der Waals surface area contributed by atoms with E-state index >= 15 is 0 Å². The molecule has 1 aromatic rings. The van der Waals surface area contributed by atoms with Crippen LogP contribution in [0.4, 0.5) is 0 Å². The van der Waals surface area contributed by atoms with Gasteiger partial charge in [0.05, 0.1) is 0 Å². The molecule has 0 saturated heterocycles. The van der Waals surface area contributed by atoms with Crippen molar-refractivity contribution in [1.82, 2.24) is 20.2 Å². The van der Waals surface area contributed by atoms with Crippen LogP contribution in [0.2, 0.25) is 0 Å². The first-order valence-electron chi connectivity index (χ1n) is 9.70. The van der Waals surface area contributed by atoms with E-state index in [0.29, 0.717) is 12.8 Å². The summed E-state index contributed by atoms with van der Waals surface area (Å²) in [7, 11) is 4.30. The molecule has 6 heteroatoms. The Balaban J connectivity index is 1.92. The molecule has 1 aliphatic carbocycles. The Hall–Kier alpha value is -1.14. The van der Waals surface area contributed by atoms with Crippen LogP contribution in [0.5, 0.6) is 0 Å². The van der Waals surface area contributed by atoms with E-state index in [9.17, 15) is 4.79 Å². The Labute approximate surface area is 162 Å². The maximum Gasteiger partial charge on any atom is 0.220 e. The zero-order valence-corrected chi connectivity index (χ0v) is 17.8. The van der Waals surface area contributed by atoms with Crippen molar-refractivity contribution in [2.45, 2.75) is 75.9 Å². The molecule has 0 aliphatic heterocycles. The number of amides is 1. The molecule has 2 rings (SSSR count). The molecule has 1 amide bonds. The van der Waals surface area contributed by atoms with Gasteiger partial charge in [0.25, 0.3) is 0 Å². The van der Waals surface area contributed by atoms with Gasteiger partial charge in [0, 0.05) is 29.9 Å². The SMILES string of the molecule is CSc1nc(C)c(CCC(=O)NCC2(N(C)C)CCCCCC2)c(C)n1. The second-order valence-corrected chi connectivity index (χ2v) is 8.44. The lowest BCUT2D eigenvalue weighted by atomic mass is 9.88. The van der Waals surface area contributed by atoms with Gasteiger partial charge >= 0.3 is 0 Å². The van der Waals surface area contributed by atoms with Gasteiger partial charge in [-0.1, -0.05) is 37.4 Å². The largest absolute Gasteiger partial charge is 0.354 e. The quantitative estimate of drug-likeness (QED) is 0.447. The number of nitrogens with one attached hydrogen (secondary N) is 1. The van der Waals surface area contributed by atoms with Gasteiger partial charge in [-0.25, -0.2) is 9.97 Å². The Morgan fingerprint density at radius 3 is 2.19 bits per heavy atom. The Morgan fingerprint density at radius 1 is 1.12 bits per heavy atom. The predicted molar refractivity (Wildman–Crippen MR) is 109 cm³/mol. The highest BCUT2D eigenvalue weighted by Crippen LogP contribution is 2.30. The molecule has 26 heavy (non-hydrogen) atoms. The number of hydrogen-bond acceptors (Lipinski definition) is 5. The first kappa shape index (κ1) is 21.2. The van der Waals surface area contributed by atoms with Crippen molar-refractivity contribution in [2.24, 2.45) is 0 Å². The molecular formula is C20H34N4OS. The lowest BCUT2D eigenvalue weighted by Gasteiger charge is -2.39. The number of carbonyl (C=O) groups excluding carboxylic acids is 1. The van der Waals surface area contributed by atoms with Crippen molar-refractivity contribution in [3.8, 4) is 0 Å². The molecule has 1 aromatic heterocycles. The number of aromatic nitrogens is 2. The molecule has 0 radical (unpaired) electrons. The second kappa shape index (κ2) is 9.70. The molecule has 1 heterocycles. The normalized spacial score (nSPS) is 17.2. The predicted octanol–water partition coefficient (Wildman–Crippen LogP) is 3.52. The number of aryl methyl sites for hydroxylation is 2. The van der Waals surface area contributed by atoms with Crippen molar-refractivity contribution in [2.75, 3.05) is 26.9 Å². The van der Waals surface area contributed by atoms with Crippen LogP contribution in [0.3, 0.4) is 0 Å². The minimum Gasteiger partial charge on any atom is -0.354 e. The maximum absolute atomic E-state index is 12.5. The van der Waals surface area contributed by atoms with E-state index in [1.54, 1.807) is 11.8 Å². The second-order valence-electron chi connectivity index (χ2n) is 7.67. The van der Waals surface area contributed by atoms with Crippen LogP contribution in [0.25, 0.3) is 0 Å². The summed E-state index contributed by atoms with van der Waals surface area (Å²) in [5.74, 6) is 0.128. The fraction of sp³-hybridized carbons (Fsp3) is 0.750. The smallest absolute Gasteiger partial charge is 0.220 e. The molecule has 146 valence electrons. The fourth-order valence-electron chi connectivity index (χ4n) is 3.92. The molecule has 0 spiro atoms. The minimum atomic E-state index is 0.112. The molecule has 0 aromatic carbocycles. The van der Waals surface area contributed by atoms with Gasteiger partial charge in [-0.3, -0.25) is 4.79 Å². The molecule has 1 aliphatic rings. The molecule has 1 N–H and O–H groups in total. The monoisotopic (exact) mass is 378 g/mol. The third-order valence-electron chi connectivity index (χ3n) is 5.78. The highest BCUT2D eigenvalue weighted by atomic mass is 32.2. The van der Waals surface area contributed by atoms with Crippen LogP contribution in [0, 0.1) is 13.8 Å². The standard InChI is InChI=1S/C20H34N4OS/c1-15-17(16(2)23-19(22-15)26-5)10-11-18(25)21-14-20(24(3)4)12-8-6-7-9-13-20/h6-14H2,1-5H3,(H,21,25). The molecule has 0 unspecified atom stereocenters. The zero-order chi connectivity index (χ0) is 19.2. The summed E-state index contributed by atoms with van der Waals surface area (Å²) in [5, 5.41) is 4.01. The van der Waals surface area contributed by atoms with Crippen molar-refractivity contribution >= 4 is 17.7 Å². The summed E-state index contributed by atoms with van der Waals surface area (Å²) in [4.78, 5) is 23.8. The van der Waals surface area contributed by atoms with E-state index in [-0.39, 0.29) is 11.4 Å². The Kier molecular flexibility index (Phi) is 7.89. The van der Waals surface area contributed by atoms with Gasteiger partial charge in [-0.2, -0.15) is 0 Å². The average Bonchev–Trinajstić information content (AvgIpc) is 2.85. The fourth-order valence-corrected chi connectivity index (χ4v) is 4.38. The van der Waals surface area contributed by atoms with Gasteiger partial charge in [-0.15, -0.1) is 0 Å². The van der Waals surface area contributed by atoms with Gasteiger partial charge in [-0.05, 0) is 59.0 Å². The average molecular weight is 379 g/mol. The minimum absolute atomic E-state index is 0.112. The number of carbonyl (C=O) groups is 1. The van der Waals surface area contributed by atoms with Gasteiger partial charge in [0.2, 0.25) is 5.91 Å². The zero-order valence-electron chi connectivity index (χ0n) is 17.0. The summed E-state index contributed by atoms with van der Waals surface area (Å²) >= 11 is 1.55. The van der Waals surface area contributed by atoms with Gasteiger partial charge < -0.3 is 10.2 Å². The third-order valence-corrected chi connectivity index (χ3v) is 6.33. The van der Waals surface area contributed by atoms with Crippen molar-refractivity contribution in [3.05, 3.63) is 17.0 Å². The van der Waals surface area contributed by atoms with E-state index in [0.717, 1.165) is 28.7 Å².